The van der Waals surface area contributed by atoms with E-state index in [0.29, 0.717) is 0 Å². The molecule has 25 heavy (non-hydrogen) atoms. The van der Waals surface area contributed by atoms with Crippen molar-refractivity contribution in [1.29, 1.82) is 0 Å². The van der Waals surface area contributed by atoms with Crippen LogP contribution in [0.3, 0.4) is 0 Å². The molecular weight excluding hydrogens is 320 g/mol. The fourth-order valence-corrected chi connectivity index (χ4v) is 3.25. The van der Waals surface area contributed by atoms with Crippen LogP contribution in [0, 0.1) is 0 Å². The Kier molecular flexibility index (Phi) is 5.50. The van der Waals surface area contributed by atoms with Crippen LogP contribution in [-0.4, -0.2) is 41.0 Å². The molecule has 0 bridgehead atoms. The number of hydrogen-bond donors (Lipinski definition) is 2. The molecule has 6 nitrogen and oxygen atoms in total. The zero-order chi connectivity index (χ0) is 17.6. The van der Waals surface area contributed by atoms with Crippen LogP contribution in [0.4, 0.5) is 0 Å². The Morgan fingerprint density at radius 3 is 2.80 bits per heavy atom. The second-order valence-electron chi connectivity index (χ2n) is 6.37. The van der Waals surface area contributed by atoms with Crippen molar-refractivity contribution in [2.45, 2.75) is 31.8 Å². The number of rotatable bonds is 6. The van der Waals surface area contributed by atoms with Crippen molar-refractivity contribution in [3.8, 4) is 0 Å². The molecular formula is C19H22N2O4. The van der Waals surface area contributed by atoms with Crippen LogP contribution in [0.25, 0.3) is 0 Å². The first-order chi connectivity index (χ1) is 12.1. The molecule has 1 saturated heterocycles. The van der Waals surface area contributed by atoms with Gasteiger partial charge in [0.1, 0.15) is 11.3 Å². The highest BCUT2D eigenvalue weighted by Crippen LogP contribution is 2.15. The van der Waals surface area contributed by atoms with Crippen molar-refractivity contribution in [2.24, 2.45) is 0 Å². The standard InChI is InChI=1S/C19H22N2O4/c22-18(11-17-16(19(23)24)8-10-25-17)20-15-7-4-9-21(13-15)12-14-5-2-1-3-6-14/h1-3,5-6,8,10,15H,4,7,9,11-13H2,(H,20,22)(H,23,24). The first-order valence-electron chi connectivity index (χ1n) is 8.47. The number of furan rings is 1. The van der Waals surface area contributed by atoms with Gasteiger partial charge in [-0.05, 0) is 31.0 Å². The molecule has 1 aliphatic heterocycles. The van der Waals surface area contributed by atoms with Gasteiger partial charge < -0.3 is 14.8 Å². The number of nitrogens with one attached hydrogen (secondary N) is 1. The number of likely N-dealkylation sites (tertiary alicyclic amines) is 1. The third kappa shape index (κ3) is 4.70. The third-order valence-corrected chi connectivity index (χ3v) is 4.42. The number of amides is 1. The number of benzene rings is 1. The van der Waals surface area contributed by atoms with E-state index in [1.54, 1.807) is 0 Å². The van der Waals surface area contributed by atoms with Gasteiger partial charge >= 0.3 is 5.97 Å². The van der Waals surface area contributed by atoms with Crippen molar-refractivity contribution in [3.05, 3.63) is 59.5 Å². The van der Waals surface area contributed by atoms with Crippen LogP contribution in [0.15, 0.2) is 47.1 Å². The molecule has 3 rings (SSSR count). The lowest BCUT2D eigenvalue weighted by Gasteiger charge is -2.33. The minimum absolute atomic E-state index is 0.0458. The Hall–Kier alpha value is -2.60. The van der Waals surface area contributed by atoms with Crippen LogP contribution >= 0.6 is 0 Å². The maximum Gasteiger partial charge on any atom is 0.339 e. The molecule has 6 heteroatoms. The van der Waals surface area contributed by atoms with Gasteiger partial charge in [0.05, 0.1) is 12.7 Å². The lowest BCUT2D eigenvalue weighted by Crippen LogP contribution is -2.47. The summed E-state index contributed by atoms with van der Waals surface area (Å²) in [7, 11) is 0. The first-order valence-corrected chi connectivity index (χ1v) is 8.47. The van der Waals surface area contributed by atoms with Gasteiger partial charge in [-0.2, -0.15) is 0 Å². The van der Waals surface area contributed by atoms with Gasteiger partial charge in [0.2, 0.25) is 5.91 Å². The van der Waals surface area contributed by atoms with Gasteiger partial charge in [-0.1, -0.05) is 30.3 Å². The summed E-state index contributed by atoms with van der Waals surface area (Å²) in [6.45, 7) is 2.68. The molecule has 1 aliphatic rings. The highest BCUT2D eigenvalue weighted by atomic mass is 16.4. The molecule has 2 heterocycles. The normalized spacial score (nSPS) is 18.0. The summed E-state index contributed by atoms with van der Waals surface area (Å²) < 4.78 is 5.13. The highest BCUT2D eigenvalue weighted by molar-refractivity contribution is 5.90. The Morgan fingerprint density at radius 1 is 1.24 bits per heavy atom. The summed E-state index contributed by atoms with van der Waals surface area (Å²) in [6.07, 6.45) is 3.21. The molecule has 1 aromatic carbocycles. The molecule has 0 radical (unpaired) electrons. The smallest absolute Gasteiger partial charge is 0.339 e. The van der Waals surface area contributed by atoms with Crippen molar-refractivity contribution in [3.63, 3.8) is 0 Å². The minimum Gasteiger partial charge on any atom is -0.478 e. The number of piperidine rings is 1. The monoisotopic (exact) mass is 342 g/mol. The molecule has 1 fully saturated rings. The number of nitrogens with zero attached hydrogens (tertiary/aromatic N) is 1. The summed E-state index contributed by atoms with van der Waals surface area (Å²) in [6, 6.07) is 11.7. The number of carbonyl (C=O) groups is 2. The molecule has 1 aromatic heterocycles. The number of carboxylic acids is 1. The van der Waals surface area contributed by atoms with E-state index in [1.807, 2.05) is 18.2 Å². The zero-order valence-electron chi connectivity index (χ0n) is 14.0. The number of hydrogen-bond acceptors (Lipinski definition) is 4. The molecule has 1 atom stereocenters. The van der Waals surface area contributed by atoms with E-state index in [4.69, 9.17) is 9.52 Å². The van der Waals surface area contributed by atoms with Gasteiger partial charge in [0.25, 0.3) is 0 Å². The summed E-state index contributed by atoms with van der Waals surface area (Å²) in [4.78, 5) is 25.6. The van der Waals surface area contributed by atoms with E-state index in [1.165, 1.54) is 17.9 Å². The average molecular weight is 342 g/mol. The fraction of sp³-hybridized carbons (Fsp3) is 0.368. The maximum absolute atomic E-state index is 12.2. The van der Waals surface area contributed by atoms with Crippen molar-refractivity contribution >= 4 is 11.9 Å². The quantitative estimate of drug-likeness (QED) is 0.842. The second-order valence-corrected chi connectivity index (χ2v) is 6.37. The number of carbonyl (C=O) groups excluding carboxylic acids is 1. The van der Waals surface area contributed by atoms with E-state index >= 15 is 0 Å². The van der Waals surface area contributed by atoms with Crippen LogP contribution in [-0.2, 0) is 17.8 Å². The van der Waals surface area contributed by atoms with Crippen molar-refractivity contribution < 1.29 is 19.1 Å². The van der Waals surface area contributed by atoms with Gasteiger partial charge in [-0.15, -0.1) is 0 Å². The second kappa shape index (κ2) is 7.98. The van der Waals surface area contributed by atoms with Gasteiger partial charge in [0, 0.05) is 19.1 Å². The lowest BCUT2D eigenvalue weighted by molar-refractivity contribution is -0.121. The first kappa shape index (κ1) is 17.2. The van der Waals surface area contributed by atoms with E-state index < -0.39 is 5.97 Å². The summed E-state index contributed by atoms with van der Waals surface area (Å²) >= 11 is 0. The highest BCUT2D eigenvalue weighted by Gasteiger charge is 2.23. The number of carboxylic acid groups (broad SMARTS) is 1. The topological polar surface area (TPSA) is 82.8 Å². The predicted molar refractivity (Wildman–Crippen MR) is 92.3 cm³/mol. The van der Waals surface area contributed by atoms with Crippen molar-refractivity contribution in [2.75, 3.05) is 13.1 Å². The summed E-state index contributed by atoms with van der Waals surface area (Å²) in [5.41, 5.74) is 1.31. The summed E-state index contributed by atoms with van der Waals surface area (Å²) in [5.74, 6) is -1.09. The molecule has 1 amide bonds. The Labute approximate surface area is 146 Å². The van der Waals surface area contributed by atoms with Gasteiger partial charge in [0.15, 0.2) is 0 Å². The van der Waals surface area contributed by atoms with Crippen LogP contribution in [0.2, 0.25) is 0 Å². The minimum atomic E-state index is -1.08. The molecule has 2 aromatic rings. The molecule has 0 saturated carbocycles. The van der Waals surface area contributed by atoms with E-state index in [0.717, 1.165) is 32.5 Å². The molecule has 2 N–H and O–H groups in total. The average Bonchev–Trinajstić information content (AvgIpc) is 3.04. The van der Waals surface area contributed by atoms with E-state index in [-0.39, 0.29) is 29.7 Å². The van der Waals surface area contributed by atoms with Crippen LogP contribution < -0.4 is 5.32 Å². The zero-order valence-corrected chi connectivity index (χ0v) is 14.0. The van der Waals surface area contributed by atoms with E-state index in [9.17, 15) is 9.59 Å². The van der Waals surface area contributed by atoms with E-state index in [2.05, 4.69) is 22.3 Å². The van der Waals surface area contributed by atoms with Crippen molar-refractivity contribution in [1.82, 2.24) is 10.2 Å². The third-order valence-electron chi connectivity index (χ3n) is 4.42. The Bertz CT molecular complexity index is 726. The predicted octanol–water partition coefficient (Wildman–Crippen LogP) is 2.30. The fourth-order valence-electron chi connectivity index (χ4n) is 3.25. The Balaban J connectivity index is 1.52. The molecule has 132 valence electrons. The molecule has 0 aliphatic carbocycles. The largest absolute Gasteiger partial charge is 0.478 e. The van der Waals surface area contributed by atoms with Crippen LogP contribution in [0.5, 0.6) is 0 Å². The summed E-state index contributed by atoms with van der Waals surface area (Å²) in [5, 5.41) is 12.1. The van der Waals surface area contributed by atoms with Gasteiger partial charge in [-0.3, -0.25) is 9.69 Å². The van der Waals surface area contributed by atoms with Gasteiger partial charge in [-0.25, -0.2) is 4.79 Å². The molecule has 1 unspecified atom stereocenters. The SMILES string of the molecule is O=C(Cc1occc1C(=O)O)NC1CCCN(Cc2ccccc2)C1. The number of aromatic carboxylic acids is 1. The lowest BCUT2D eigenvalue weighted by atomic mass is 10.0. The maximum atomic E-state index is 12.2. The van der Waals surface area contributed by atoms with Crippen LogP contribution in [0.1, 0.15) is 34.5 Å². The molecule has 0 spiro atoms. The Morgan fingerprint density at radius 2 is 2.04 bits per heavy atom.